The van der Waals surface area contributed by atoms with Crippen LogP contribution < -0.4 is 5.73 Å². The van der Waals surface area contributed by atoms with Gasteiger partial charge in [-0.15, -0.1) is 5.10 Å². The molecule has 0 unspecified atom stereocenters. The number of nitrogen functional groups attached to an aromatic ring is 1. The SMILES string of the molecule is Nc1cnn(Cc2n[c]co2)n1. The third-order valence-electron chi connectivity index (χ3n) is 1.27. The number of hydrogen-bond acceptors (Lipinski definition) is 5. The predicted molar refractivity (Wildman–Crippen MR) is 38.9 cm³/mol. The minimum atomic E-state index is 0.376. The molecule has 1 radical (unpaired) electrons. The normalized spacial score (nSPS) is 10.3. The highest BCUT2D eigenvalue weighted by Gasteiger charge is 2.01. The smallest absolute Gasteiger partial charge is 0.218 e. The Hall–Kier alpha value is -1.85. The third-order valence-corrected chi connectivity index (χ3v) is 1.27. The Bertz CT molecular complexity index is 352. The summed E-state index contributed by atoms with van der Waals surface area (Å²) in [5.41, 5.74) is 5.35. The first kappa shape index (κ1) is 6.84. The molecule has 0 aromatic carbocycles. The van der Waals surface area contributed by atoms with Crippen molar-refractivity contribution in [2.75, 3.05) is 5.73 Å². The summed E-state index contributed by atoms with van der Waals surface area (Å²) in [4.78, 5) is 5.19. The Kier molecular flexibility index (Phi) is 1.51. The summed E-state index contributed by atoms with van der Waals surface area (Å²) in [6, 6.07) is 0. The van der Waals surface area contributed by atoms with Gasteiger partial charge in [-0.3, -0.25) is 0 Å². The lowest BCUT2D eigenvalue weighted by atomic mass is 10.7. The molecule has 0 atom stereocenters. The van der Waals surface area contributed by atoms with Gasteiger partial charge in [-0.2, -0.15) is 9.90 Å². The van der Waals surface area contributed by atoms with E-state index < -0.39 is 0 Å². The number of nitrogens with zero attached hydrogens (tertiary/aromatic N) is 4. The lowest BCUT2D eigenvalue weighted by molar-refractivity contribution is 0.444. The van der Waals surface area contributed by atoms with E-state index in [4.69, 9.17) is 10.2 Å². The first-order chi connectivity index (χ1) is 5.84. The Labute approximate surface area is 68.0 Å². The van der Waals surface area contributed by atoms with Gasteiger partial charge in [-0.05, 0) is 0 Å². The molecule has 2 heterocycles. The maximum atomic E-state index is 5.35. The molecule has 0 spiro atoms. The third kappa shape index (κ3) is 1.26. The molecule has 0 aliphatic carbocycles. The summed E-state index contributed by atoms with van der Waals surface area (Å²) in [5, 5.41) is 7.71. The van der Waals surface area contributed by atoms with Crippen molar-refractivity contribution in [2.24, 2.45) is 0 Å². The first-order valence-electron chi connectivity index (χ1n) is 3.30. The molecular weight excluding hydrogens is 158 g/mol. The van der Waals surface area contributed by atoms with Gasteiger partial charge >= 0.3 is 0 Å². The highest BCUT2D eigenvalue weighted by molar-refractivity contribution is 5.19. The van der Waals surface area contributed by atoms with Gasteiger partial charge in [0, 0.05) is 0 Å². The molecule has 0 saturated carbocycles. The zero-order valence-electron chi connectivity index (χ0n) is 6.14. The van der Waals surface area contributed by atoms with Crippen molar-refractivity contribution in [1.29, 1.82) is 0 Å². The van der Waals surface area contributed by atoms with Gasteiger partial charge in [-0.25, -0.2) is 4.98 Å². The van der Waals surface area contributed by atoms with Gasteiger partial charge in [0.05, 0.1) is 6.20 Å². The Balaban J connectivity index is 2.14. The van der Waals surface area contributed by atoms with Crippen LogP contribution in [0.25, 0.3) is 0 Å². The molecule has 0 saturated heterocycles. The summed E-state index contributed by atoms with van der Waals surface area (Å²) in [6.45, 7) is 0.376. The number of rotatable bonds is 2. The summed E-state index contributed by atoms with van der Waals surface area (Å²) in [6.07, 6.45) is 5.38. The maximum absolute atomic E-state index is 5.35. The van der Waals surface area contributed by atoms with Gasteiger partial charge in [0.15, 0.2) is 5.82 Å². The molecule has 0 aliphatic heterocycles. The minimum absolute atomic E-state index is 0.376. The van der Waals surface area contributed by atoms with Gasteiger partial charge in [0.25, 0.3) is 0 Å². The van der Waals surface area contributed by atoms with E-state index in [9.17, 15) is 0 Å². The second-order valence-corrected chi connectivity index (χ2v) is 2.17. The van der Waals surface area contributed by atoms with Crippen LogP contribution in [0.15, 0.2) is 16.9 Å². The number of anilines is 1. The molecule has 12 heavy (non-hydrogen) atoms. The molecule has 0 amide bonds. The van der Waals surface area contributed by atoms with Gasteiger partial charge in [-0.1, -0.05) is 0 Å². The predicted octanol–water partition coefficient (Wildman–Crippen LogP) is -0.303. The molecular formula is C6H6N5O. The van der Waals surface area contributed by atoms with Gasteiger partial charge in [0.1, 0.15) is 19.0 Å². The zero-order chi connectivity index (χ0) is 8.39. The van der Waals surface area contributed by atoms with Crippen LogP contribution in [0.2, 0.25) is 0 Å². The Morgan fingerprint density at radius 3 is 3.17 bits per heavy atom. The number of aromatic nitrogens is 4. The molecule has 2 rings (SSSR count). The molecule has 0 aliphatic rings. The van der Waals surface area contributed by atoms with E-state index in [1.165, 1.54) is 17.3 Å². The van der Waals surface area contributed by atoms with E-state index in [0.29, 0.717) is 18.3 Å². The summed E-state index contributed by atoms with van der Waals surface area (Å²) in [7, 11) is 0. The van der Waals surface area contributed by atoms with Crippen LogP contribution in [-0.4, -0.2) is 20.0 Å². The second-order valence-electron chi connectivity index (χ2n) is 2.17. The van der Waals surface area contributed by atoms with Crippen molar-refractivity contribution in [3.63, 3.8) is 0 Å². The maximum Gasteiger partial charge on any atom is 0.218 e. The average molecular weight is 164 g/mol. The number of nitrogens with two attached hydrogens (primary N) is 1. The largest absolute Gasteiger partial charge is 0.446 e. The van der Waals surface area contributed by atoms with Crippen LogP contribution in [0.5, 0.6) is 0 Å². The zero-order valence-corrected chi connectivity index (χ0v) is 6.14. The molecule has 6 heteroatoms. The van der Waals surface area contributed by atoms with Crippen LogP contribution >= 0.6 is 0 Å². The van der Waals surface area contributed by atoms with Crippen LogP contribution in [0.3, 0.4) is 0 Å². The van der Waals surface area contributed by atoms with Crippen LogP contribution in [0.4, 0.5) is 5.82 Å². The Morgan fingerprint density at radius 1 is 1.67 bits per heavy atom. The van der Waals surface area contributed by atoms with E-state index in [0.717, 1.165) is 0 Å². The van der Waals surface area contributed by atoms with E-state index in [1.54, 1.807) is 0 Å². The van der Waals surface area contributed by atoms with E-state index in [2.05, 4.69) is 21.4 Å². The minimum Gasteiger partial charge on any atom is -0.446 e. The Morgan fingerprint density at radius 2 is 2.58 bits per heavy atom. The summed E-state index contributed by atoms with van der Waals surface area (Å²) >= 11 is 0. The van der Waals surface area contributed by atoms with E-state index in [1.807, 2.05) is 0 Å². The summed E-state index contributed by atoms with van der Waals surface area (Å²) in [5.74, 6) is 0.885. The van der Waals surface area contributed by atoms with Gasteiger partial charge in [0.2, 0.25) is 5.89 Å². The second kappa shape index (κ2) is 2.65. The van der Waals surface area contributed by atoms with Gasteiger partial charge < -0.3 is 10.2 Å². The molecule has 2 N–H and O–H groups in total. The van der Waals surface area contributed by atoms with E-state index >= 15 is 0 Å². The standard InChI is InChI=1S/C6H6N5O/c7-5-3-9-11(10-5)4-6-8-1-2-12-6/h2-3H,4H2,(H2,7,10). The summed E-state index contributed by atoms with van der Waals surface area (Å²) < 4.78 is 4.94. The van der Waals surface area contributed by atoms with Crippen LogP contribution in [0.1, 0.15) is 5.89 Å². The van der Waals surface area contributed by atoms with Crippen LogP contribution in [0, 0.1) is 6.20 Å². The molecule has 2 aromatic rings. The fourth-order valence-corrected chi connectivity index (χ4v) is 0.800. The fraction of sp³-hybridized carbons (Fsp3) is 0.167. The van der Waals surface area contributed by atoms with Crippen molar-refractivity contribution in [3.8, 4) is 0 Å². The monoisotopic (exact) mass is 164 g/mol. The lowest BCUT2D eigenvalue weighted by Crippen LogP contribution is -2.04. The average Bonchev–Trinajstić information content (AvgIpc) is 2.63. The fourth-order valence-electron chi connectivity index (χ4n) is 0.800. The molecule has 0 bridgehead atoms. The molecule has 61 valence electrons. The quantitative estimate of drug-likeness (QED) is 0.658. The highest BCUT2D eigenvalue weighted by atomic mass is 16.3. The van der Waals surface area contributed by atoms with Crippen molar-refractivity contribution in [3.05, 3.63) is 24.5 Å². The molecule has 0 fully saturated rings. The number of hydrogen-bond donors (Lipinski definition) is 1. The van der Waals surface area contributed by atoms with E-state index in [-0.39, 0.29) is 0 Å². The van der Waals surface area contributed by atoms with Crippen molar-refractivity contribution >= 4 is 5.82 Å². The first-order valence-corrected chi connectivity index (χ1v) is 3.30. The molecule has 6 nitrogen and oxygen atoms in total. The van der Waals surface area contributed by atoms with Crippen molar-refractivity contribution in [2.45, 2.75) is 6.54 Å². The topological polar surface area (TPSA) is 82.8 Å². The highest BCUT2D eigenvalue weighted by Crippen LogP contribution is 1.97. The lowest BCUT2D eigenvalue weighted by Gasteiger charge is -1.92. The van der Waals surface area contributed by atoms with Crippen molar-refractivity contribution < 1.29 is 4.42 Å². The van der Waals surface area contributed by atoms with Crippen LogP contribution in [-0.2, 0) is 6.54 Å². The van der Waals surface area contributed by atoms with Crippen molar-refractivity contribution in [1.82, 2.24) is 20.0 Å². The molecule has 2 aromatic heterocycles. The number of oxazole rings is 1.